The van der Waals surface area contributed by atoms with Crippen LogP contribution in [0.4, 0.5) is 16.3 Å². The summed E-state index contributed by atoms with van der Waals surface area (Å²) in [5, 5.41) is 15.6. The molecule has 9 heteroatoms. The van der Waals surface area contributed by atoms with Crippen molar-refractivity contribution in [1.82, 2.24) is 29.8 Å². The van der Waals surface area contributed by atoms with Crippen LogP contribution in [0.15, 0.2) is 85.5 Å². The van der Waals surface area contributed by atoms with E-state index in [9.17, 15) is 9.90 Å². The molecule has 3 N–H and O–H groups in total. The fourth-order valence-corrected chi connectivity index (χ4v) is 5.46. The number of para-hydroxylation sites is 1. The van der Waals surface area contributed by atoms with Crippen molar-refractivity contribution in [3.8, 4) is 39.7 Å². The fraction of sp³-hybridized carbons (Fsp3) is 0.138. The van der Waals surface area contributed by atoms with Gasteiger partial charge in [-0.05, 0) is 49.1 Å². The number of imidazole rings is 1. The molecule has 38 heavy (non-hydrogen) atoms. The number of carbonyl (C=O) groups is 1. The summed E-state index contributed by atoms with van der Waals surface area (Å²) in [6.45, 7) is 0. The summed E-state index contributed by atoms with van der Waals surface area (Å²) in [4.78, 5) is 30.2. The number of fused-ring (bicyclic) bond motifs is 5. The van der Waals surface area contributed by atoms with Gasteiger partial charge in [0.05, 0.1) is 28.8 Å². The monoisotopic (exact) mass is 501 g/mol. The Morgan fingerprint density at radius 1 is 0.974 bits per heavy atom. The summed E-state index contributed by atoms with van der Waals surface area (Å²) in [6.07, 6.45) is 8.35. The molecule has 9 nitrogen and oxygen atoms in total. The molecule has 2 aromatic carbocycles. The number of benzene rings is 2. The smallest absolute Gasteiger partial charge is 0.405 e. The number of hydrogen-bond donors (Lipinski definition) is 3. The zero-order valence-corrected chi connectivity index (χ0v) is 20.3. The minimum atomic E-state index is -1.00. The predicted molar refractivity (Wildman–Crippen MR) is 143 cm³/mol. The van der Waals surface area contributed by atoms with Crippen molar-refractivity contribution in [3.63, 3.8) is 0 Å². The molecule has 4 heterocycles. The second-order valence-electron chi connectivity index (χ2n) is 9.54. The lowest BCUT2D eigenvalue weighted by molar-refractivity contribution is 0.144. The van der Waals surface area contributed by atoms with Gasteiger partial charge in [-0.3, -0.25) is 14.5 Å². The number of anilines is 2. The maximum absolute atomic E-state index is 11.5. The van der Waals surface area contributed by atoms with Crippen LogP contribution in [0.5, 0.6) is 0 Å². The van der Waals surface area contributed by atoms with Crippen molar-refractivity contribution in [3.05, 3.63) is 91.0 Å². The van der Waals surface area contributed by atoms with Gasteiger partial charge in [0.1, 0.15) is 17.2 Å². The third kappa shape index (κ3) is 3.43. The van der Waals surface area contributed by atoms with Gasteiger partial charge in [0.2, 0.25) is 0 Å². The largest absolute Gasteiger partial charge is 0.465 e. The van der Waals surface area contributed by atoms with Gasteiger partial charge in [0, 0.05) is 29.7 Å². The third-order valence-electron chi connectivity index (χ3n) is 7.40. The van der Waals surface area contributed by atoms with E-state index in [1.54, 1.807) is 24.8 Å². The van der Waals surface area contributed by atoms with Crippen molar-refractivity contribution in [1.29, 1.82) is 0 Å². The molecule has 3 aromatic heterocycles. The second kappa shape index (κ2) is 8.52. The number of nitrogens with zero attached hydrogens (tertiary/aromatic N) is 5. The molecule has 0 atom stereocenters. The molecular weight excluding hydrogens is 478 g/mol. The lowest BCUT2D eigenvalue weighted by Gasteiger charge is -2.42. The lowest BCUT2D eigenvalue weighted by Crippen LogP contribution is -2.50. The summed E-state index contributed by atoms with van der Waals surface area (Å²) in [7, 11) is 0. The molecule has 1 aliphatic carbocycles. The number of pyridine rings is 1. The van der Waals surface area contributed by atoms with Gasteiger partial charge in [0.15, 0.2) is 5.82 Å². The molecule has 0 saturated heterocycles. The molecule has 1 fully saturated rings. The average Bonchev–Trinajstić information content (AvgIpc) is 3.26. The minimum absolute atomic E-state index is 0.536. The van der Waals surface area contributed by atoms with Gasteiger partial charge in [-0.15, -0.1) is 0 Å². The van der Waals surface area contributed by atoms with Crippen LogP contribution in [0.3, 0.4) is 0 Å². The Bertz CT molecular complexity index is 1680. The highest BCUT2D eigenvalue weighted by molar-refractivity contribution is 5.90. The first-order valence-corrected chi connectivity index (χ1v) is 12.5. The summed E-state index contributed by atoms with van der Waals surface area (Å²) >= 11 is 0. The Morgan fingerprint density at radius 2 is 1.82 bits per heavy atom. The van der Waals surface area contributed by atoms with Crippen LogP contribution in [0.2, 0.25) is 0 Å². The quantitative estimate of drug-likeness (QED) is 0.281. The minimum Gasteiger partial charge on any atom is -0.465 e. The summed E-state index contributed by atoms with van der Waals surface area (Å²) in [5.41, 5.74) is 6.28. The predicted octanol–water partition coefficient (Wildman–Crippen LogP) is 5.76. The number of nitrogens with one attached hydrogen (secondary N) is 2. The number of carboxylic acid groups (broad SMARTS) is 1. The van der Waals surface area contributed by atoms with E-state index in [-0.39, 0.29) is 0 Å². The van der Waals surface area contributed by atoms with Gasteiger partial charge in [-0.25, -0.2) is 14.8 Å². The molecule has 0 radical (unpaired) electrons. The molecule has 2 aliphatic rings. The molecule has 5 aromatic rings. The standard InChI is InChI=1S/C29H23N7O2/c37-28(38)35-29(12-4-13-29)19-10-8-18(9-11-19)25-24(22-17-30-15-16-31-22)34-27-20-5-1-2-6-21(20)33-26-23(36(25)27)7-3-14-32-26/h1-3,5-11,14-17,35H,4,12-13H2,(H,32,33)(H,37,38). The van der Waals surface area contributed by atoms with E-state index in [0.29, 0.717) is 11.4 Å². The summed E-state index contributed by atoms with van der Waals surface area (Å²) in [6, 6.07) is 20.0. The zero-order valence-electron chi connectivity index (χ0n) is 20.3. The van der Waals surface area contributed by atoms with Gasteiger partial charge in [-0.1, -0.05) is 36.4 Å². The molecule has 1 saturated carbocycles. The maximum Gasteiger partial charge on any atom is 0.405 e. The average molecular weight is 502 g/mol. The van der Waals surface area contributed by atoms with E-state index in [1.165, 1.54) is 0 Å². The summed E-state index contributed by atoms with van der Waals surface area (Å²) in [5.74, 6) is 1.49. The Labute approximate surface area is 218 Å². The highest BCUT2D eigenvalue weighted by Gasteiger charge is 2.40. The van der Waals surface area contributed by atoms with E-state index in [2.05, 4.69) is 30.2 Å². The van der Waals surface area contributed by atoms with Crippen molar-refractivity contribution in [2.24, 2.45) is 0 Å². The van der Waals surface area contributed by atoms with Gasteiger partial charge < -0.3 is 15.7 Å². The van der Waals surface area contributed by atoms with Crippen molar-refractivity contribution < 1.29 is 9.90 Å². The second-order valence-corrected chi connectivity index (χ2v) is 9.54. The van der Waals surface area contributed by atoms with Crippen molar-refractivity contribution in [2.75, 3.05) is 5.32 Å². The van der Waals surface area contributed by atoms with Gasteiger partial charge in [-0.2, -0.15) is 0 Å². The molecular formula is C29H23N7O2. The van der Waals surface area contributed by atoms with Crippen LogP contribution in [-0.2, 0) is 5.54 Å². The Hall–Kier alpha value is -5.05. The third-order valence-corrected chi connectivity index (χ3v) is 7.40. The highest BCUT2D eigenvalue weighted by Crippen LogP contribution is 2.45. The topological polar surface area (TPSA) is 118 Å². The molecule has 1 amide bonds. The van der Waals surface area contributed by atoms with Gasteiger partial charge in [0.25, 0.3) is 0 Å². The number of amides is 1. The lowest BCUT2D eigenvalue weighted by atomic mass is 9.72. The highest BCUT2D eigenvalue weighted by atomic mass is 16.4. The van der Waals surface area contributed by atoms with Crippen molar-refractivity contribution >= 4 is 17.6 Å². The molecule has 7 rings (SSSR count). The van der Waals surface area contributed by atoms with E-state index in [0.717, 1.165) is 64.7 Å². The van der Waals surface area contributed by atoms with E-state index in [1.807, 2.05) is 60.7 Å². The van der Waals surface area contributed by atoms with E-state index >= 15 is 0 Å². The van der Waals surface area contributed by atoms with Crippen LogP contribution >= 0.6 is 0 Å². The summed E-state index contributed by atoms with van der Waals surface area (Å²) < 4.78 is 2.12. The van der Waals surface area contributed by atoms with Crippen molar-refractivity contribution in [2.45, 2.75) is 24.8 Å². The van der Waals surface area contributed by atoms with E-state index < -0.39 is 11.6 Å². The van der Waals surface area contributed by atoms with Crippen LogP contribution in [0, 0.1) is 0 Å². The first-order valence-electron chi connectivity index (χ1n) is 12.5. The SMILES string of the molecule is O=C(O)NC1(c2ccc(-c3c(-c4cnccn4)nc4n3-c3cccnc3Nc3ccccc3-4)cc2)CCC1. The van der Waals surface area contributed by atoms with E-state index in [4.69, 9.17) is 4.98 Å². The maximum atomic E-state index is 11.5. The van der Waals surface area contributed by atoms with Gasteiger partial charge >= 0.3 is 6.09 Å². The number of aromatic nitrogens is 5. The first-order chi connectivity index (χ1) is 18.6. The normalized spacial score (nSPS) is 14.6. The Balaban J connectivity index is 1.48. The molecule has 1 aliphatic heterocycles. The Morgan fingerprint density at radius 3 is 2.55 bits per heavy atom. The number of rotatable bonds is 4. The molecule has 186 valence electrons. The fourth-order valence-electron chi connectivity index (χ4n) is 5.46. The van der Waals surface area contributed by atoms with Crippen LogP contribution in [0.25, 0.3) is 39.7 Å². The molecule has 0 spiro atoms. The molecule has 0 unspecified atom stereocenters. The zero-order chi connectivity index (χ0) is 25.7. The molecule has 0 bridgehead atoms. The first kappa shape index (κ1) is 22.2. The Kier molecular flexibility index (Phi) is 4.97. The van der Waals surface area contributed by atoms with Crippen LogP contribution < -0.4 is 10.6 Å². The van der Waals surface area contributed by atoms with Crippen LogP contribution in [0.1, 0.15) is 24.8 Å². The number of hydrogen-bond acceptors (Lipinski definition) is 6. The van der Waals surface area contributed by atoms with Crippen LogP contribution in [-0.4, -0.2) is 35.7 Å².